The largest absolute Gasteiger partial charge is 0.472 e. The molecule has 0 unspecified atom stereocenters. The van der Waals surface area contributed by atoms with Gasteiger partial charge in [-0.2, -0.15) is 21.0 Å². The fraction of sp³-hybridized carbons (Fsp3) is 0.274. The number of rotatable bonds is 12. The van der Waals surface area contributed by atoms with Crippen LogP contribution in [0.1, 0.15) is 158 Å². The number of nitrogens with zero attached hydrogens (tertiary/aromatic N) is 8. The predicted molar refractivity (Wildman–Crippen MR) is 430 cm³/mol. The highest BCUT2D eigenvalue weighted by atomic mass is 16.3. The highest BCUT2D eigenvalue weighted by Gasteiger charge is 2.45. The van der Waals surface area contributed by atoms with Crippen LogP contribution in [0.3, 0.4) is 0 Å². The molecule has 0 bridgehead atoms. The molecular weight excluding hydrogens is 1350 g/mol. The van der Waals surface area contributed by atoms with Crippen LogP contribution in [-0.4, -0.2) is 38.1 Å². The first-order chi connectivity index (χ1) is 53.1. The van der Waals surface area contributed by atoms with Crippen molar-refractivity contribution in [1.29, 1.82) is 21.0 Å². The maximum Gasteiger partial charge on any atom is 0.315 e. The first kappa shape index (κ1) is 74.8. The Morgan fingerprint density at radius 1 is 0.404 bits per heavy atom. The summed E-state index contributed by atoms with van der Waals surface area (Å²) in [5.41, 5.74) is 19.0. The number of carbonyl (C=O) groups excluding carboxylic acids is 1. The van der Waals surface area contributed by atoms with E-state index in [1.54, 1.807) is 12.5 Å². The normalized spacial score (nSPS) is 23.6. The average Bonchev–Trinajstić information content (AvgIpc) is 1.84. The van der Waals surface area contributed by atoms with Gasteiger partial charge < -0.3 is 23.9 Å². The van der Waals surface area contributed by atoms with E-state index in [0.717, 1.165) is 104 Å². The third kappa shape index (κ3) is 17.0. The molecule has 16 rings (SSSR count). The van der Waals surface area contributed by atoms with Crippen molar-refractivity contribution in [3.8, 4) is 68.8 Å². The van der Waals surface area contributed by atoms with Crippen LogP contribution in [0.15, 0.2) is 245 Å². The number of nitriles is 4. The number of benzene rings is 4. The maximum absolute atomic E-state index is 11.8. The monoisotopic (exact) mass is 1430 g/mol. The van der Waals surface area contributed by atoms with Gasteiger partial charge in [0.05, 0.1) is 106 Å². The zero-order valence-electron chi connectivity index (χ0n) is 62.9. The average molecular weight is 1440 g/mol. The molecule has 109 heavy (non-hydrogen) atoms. The van der Waals surface area contributed by atoms with Gasteiger partial charge in [0, 0.05) is 111 Å². The molecule has 4 aliphatic carbocycles. The minimum absolute atomic E-state index is 0.0617. The number of hydrogen-bond acceptors (Lipinski definition) is 12. The lowest BCUT2D eigenvalue weighted by Gasteiger charge is -2.40. The lowest BCUT2D eigenvalue weighted by molar-refractivity contribution is 0.165. The number of carbonyl (C=O) groups is 1. The van der Waals surface area contributed by atoms with E-state index in [1.807, 2.05) is 189 Å². The SMILES string of the molecule is C[C@H]1[C@H](/C=C/c2ccc(-c3ccccc3C#N)cn2)[C@H]2NC(=O)N[C@H]2C[C@@H]1C.C[C@H]1[C@H](/C=C/c2ccc(-c3ccccc3C#N)cn2)c2ccoc2C[C@@H]1C.C[C@H]1[C@H](/C=C/c2ccc(-c3ccccc3C#N)cn2)c2cocc2C[C@@H]1C.C[C@H]1[C@H](/C=C/c2ccc(-c3ccccc3C#N)cn2)c2occc2C[C@@H]1C. The molecule has 0 radical (unpaired) electrons. The number of pyridine rings is 4. The number of furan rings is 3. The number of fused-ring (bicyclic) bond motifs is 4. The molecule has 4 aromatic carbocycles. The summed E-state index contributed by atoms with van der Waals surface area (Å²) in [6.07, 6.45) is 36.1. The molecule has 2 fully saturated rings. The van der Waals surface area contributed by atoms with Crippen LogP contribution in [0.5, 0.6) is 0 Å². The molecule has 14 nitrogen and oxygen atoms in total. The van der Waals surface area contributed by atoms with Crippen molar-refractivity contribution in [2.75, 3.05) is 0 Å². The summed E-state index contributed by atoms with van der Waals surface area (Å²) in [5.74, 6) is 8.00. The summed E-state index contributed by atoms with van der Waals surface area (Å²) in [7, 11) is 0. The summed E-state index contributed by atoms with van der Waals surface area (Å²) < 4.78 is 16.9. The van der Waals surface area contributed by atoms with Crippen molar-refractivity contribution >= 4 is 30.3 Å². The first-order valence-corrected chi connectivity index (χ1v) is 37.9. The summed E-state index contributed by atoms with van der Waals surface area (Å²) in [5, 5.41) is 43.3. The lowest BCUT2D eigenvalue weighted by Crippen LogP contribution is -2.48. The second-order valence-corrected chi connectivity index (χ2v) is 30.0. The lowest BCUT2D eigenvalue weighted by atomic mass is 9.69. The number of urea groups is 1. The fourth-order valence-electron chi connectivity index (χ4n) is 16.2. The fourth-order valence-corrected chi connectivity index (χ4v) is 16.2. The molecule has 544 valence electrons. The van der Waals surface area contributed by atoms with Gasteiger partial charge in [0.25, 0.3) is 0 Å². The Bertz CT molecular complexity index is 4890. The molecule has 2 amide bonds. The van der Waals surface area contributed by atoms with E-state index >= 15 is 0 Å². The van der Waals surface area contributed by atoms with Crippen molar-refractivity contribution < 1.29 is 18.0 Å². The number of hydrogen-bond donors (Lipinski definition) is 2. The second kappa shape index (κ2) is 34.4. The third-order valence-corrected chi connectivity index (χ3v) is 23.4. The predicted octanol–water partition coefficient (Wildman–Crippen LogP) is 21.5. The van der Waals surface area contributed by atoms with Crippen LogP contribution >= 0.6 is 0 Å². The zero-order valence-corrected chi connectivity index (χ0v) is 62.9. The van der Waals surface area contributed by atoms with E-state index in [0.29, 0.717) is 81.4 Å². The Hall–Kier alpha value is -12.5. The number of aromatic nitrogens is 4. The van der Waals surface area contributed by atoms with Crippen LogP contribution in [0.25, 0.3) is 68.8 Å². The molecule has 1 saturated heterocycles. The van der Waals surface area contributed by atoms with E-state index in [9.17, 15) is 25.8 Å². The molecular formula is C95H90N10O4. The van der Waals surface area contributed by atoms with Gasteiger partial charge in [-0.1, -0.05) is 177 Å². The summed E-state index contributed by atoms with van der Waals surface area (Å²) in [4.78, 5) is 30.1. The molecule has 7 aromatic heterocycles. The Kier molecular flexibility index (Phi) is 23.6. The van der Waals surface area contributed by atoms with Crippen LogP contribution in [-0.2, 0) is 19.3 Å². The van der Waals surface area contributed by atoms with Crippen molar-refractivity contribution in [2.45, 2.75) is 111 Å². The Labute approximate surface area is 640 Å². The van der Waals surface area contributed by atoms with E-state index in [2.05, 4.69) is 165 Å². The molecule has 1 aliphatic heterocycles. The third-order valence-electron chi connectivity index (χ3n) is 23.4. The quantitative estimate of drug-likeness (QED) is 0.116. The van der Waals surface area contributed by atoms with Crippen molar-refractivity contribution in [3.05, 3.63) is 311 Å². The number of amides is 2. The maximum atomic E-state index is 11.8. The van der Waals surface area contributed by atoms with E-state index in [4.69, 9.17) is 13.3 Å². The van der Waals surface area contributed by atoms with E-state index in [-0.39, 0.29) is 30.0 Å². The van der Waals surface area contributed by atoms with E-state index in [1.165, 1.54) is 22.3 Å². The highest BCUT2D eigenvalue weighted by molar-refractivity contribution is 5.78. The number of nitrogens with one attached hydrogen (secondary N) is 2. The van der Waals surface area contributed by atoms with Crippen LogP contribution < -0.4 is 10.6 Å². The van der Waals surface area contributed by atoms with Crippen molar-refractivity contribution in [2.24, 2.45) is 53.3 Å². The van der Waals surface area contributed by atoms with Gasteiger partial charge in [0.15, 0.2) is 0 Å². The van der Waals surface area contributed by atoms with Gasteiger partial charge in [-0.15, -0.1) is 0 Å². The Morgan fingerprint density at radius 2 is 0.807 bits per heavy atom. The second-order valence-electron chi connectivity index (χ2n) is 30.0. The molecule has 0 spiro atoms. The molecule has 14 heteroatoms. The van der Waals surface area contributed by atoms with Gasteiger partial charge in [0.2, 0.25) is 0 Å². The Morgan fingerprint density at radius 3 is 1.26 bits per heavy atom. The van der Waals surface area contributed by atoms with Crippen molar-refractivity contribution in [3.63, 3.8) is 0 Å². The molecule has 11 aromatic rings. The van der Waals surface area contributed by atoms with Crippen LogP contribution in [0.2, 0.25) is 0 Å². The minimum Gasteiger partial charge on any atom is -0.472 e. The zero-order chi connectivity index (χ0) is 76.1. The van der Waals surface area contributed by atoms with Gasteiger partial charge in [0.1, 0.15) is 11.5 Å². The molecule has 8 heterocycles. The summed E-state index contributed by atoms with van der Waals surface area (Å²) in [6, 6.07) is 59.8. The molecule has 5 aliphatic rings. The topological polar surface area (TPSA) is 227 Å². The summed E-state index contributed by atoms with van der Waals surface area (Å²) in [6.45, 7) is 18.3. The summed E-state index contributed by atoms with van der Waals surface area (Å²) >= 11 is 0. The van der Waals surface area contributed by atoms with Gasteiger partial charge in [-0.25, -0.2) is 4.79 Å². The standard InChI is InChI=1S/3C24H22N2O.C23H24N4O/c1-16-11-20-14-27-15-24(20)22(17(16)2)10-9-21-8-7-19(13-26-21)23-6-4-3-5-18(23)12-25;1-16-13-18-11-12-27-24(18)22(17(16)2)10-9-21-8-7-20(15-26-21)23-6-4-3-5-19(23)14-25;1-16-13-24-23(11-12-27-24)21(17(16)2)10-9-20-8-7-19(15-26-20)22-6-4-3-5-18(22)14-25;1-14-11-21-22(27-23(28)26-21)19(15(14)2)10-9-18-8-7-17(13-25-18)20-6-4-3-5-16(20)12-24/h3-10,13-17,22H,11H2,1-2H3;3-12,15-17,22H,13H2,1-2H3;3-12,15-17,21H,13H2,1-2H3;3-10,13-15,19,21-22H,11H2,1-2H3,(H2,26,27,28)/b4*10-9+/t2*16-,17+,22-;16-,17+,21-;14-,15+,19-,21-,22+/m0000/s1. The van der Waals surface area contributed by atoms with Crippen LogP contribution in [0, 0.1) is 98.6 Å². The molecule has 14 atom stereocenters. The molecule has 1 saturated carbocycles. The molecule has 2 N–H and O–H groups in total. The smallest absolute Gasteiger partial charge is 0.315 e. The Balaban J connectivity index is 0.000000128. The van der Waals surface area contributed by atoms with Gasteiger partial charge >= 0.3 is 6.03 Å². The van der Waals surface area contributed by atoms with Crippen LogP contribution in [0.4, 0.5) is 4.79 Å². The highest BCUT2D eigenvalue weighted by Crippen LogP contribution is 2.45. The van der Waals surface area contributed by atoms with Gasteiger partial charge in [-0.05, 0) is 163 Å². The van der Waals surface area contributed by atoms with E-state index < -0.39 is 0 Å². The van der Waals surface area contributed by atoms with Gasteiger partial charge in [-0.3, -0.25) is 19.9 Å². The first-order valence-electron chi connectivity index (χ1n) is 37.9. The number of allylic oxidation sites excluding steroid dienone is 3. The van der Waals surface area contributed by atoms with Crippen molar-refractivity contribution in [1.82, 2.24) is 30.6 Å². The minimum atomic E-state index is -0.0617.